The predicted octanol–water partition coefficient (Wildman–Crippen LogP) is 5.17. The zero-order valence-corrected chi connectivity index (χ0v) is 18.8. The minimum Gasteiger partial charge on any atom is -0.367 e. The fourth-order valence-corrected chi connectivity index (χ4v) is 3.93. The molecule has 0 spiro atoms. The Morgan fingerprint density at radius 2 is 1.47 bits per heavy atom. The standard InChI is InChI=1S/C22H22F6N2O2.ClH.H3N/c23-21(24,25)16-10-14(11-17(12-16)22(26,27)28)18(19(29)31)32-13-20(6-8-30-9-7-20)15-4-2-1-3-5-15;;/h1-5,10-12,18,30H,6-9,13H2,(H2,29,31);1H;1H3. The number of hydrogen-bond acceptors (Lipinski definition) is 4. The maximum atomic E-state index is 13.2. The number of nitrogens with one attached hydrogen (secondary N) is 1. The monoisotopic (exact) mass is 513 g/mol. The van der Waals surface area contributed by atoms with Crippen LogP contribution in [0.4, 0.5) is 26.3 Å². The van der Waals surface area contributed by atoms with E-state index in [9.17, 15) is 31.1 Å². The zero-order valence-electron chi connectivity index (χ0n) is 18.0. The van der Waals surface area contributed by atoms with Crippen LogP contribution >= 0.6 is 12.4 Å². The summed E-state index contributed by atoms with van der Waals surface area (Å²) < 4.78 is 85.1. The summed E-state index contributed by atoms with van der Waals surface area (Å²) in [5.41, 5.74) is 2.04. The van der Waals surface area contributed by atoms with Gasteiger partial charge in [0.15, 0.2) is 6.10 Å². The Morgan fingerprint density at radius 3 is 1.91 bits per heavy atom. The molecule has 6 N–H and O–H groups in total. The summed E-state index contributed by atoms with van der Waals surface area (Å²) in [5, 5.41) is 3.20. The van der Waals surface area contributed by atoms with Crippen LogP contribution < -0.4 is 17.2 Å². The van der Waals surface area contributed by atoms with Crippen molar-refractivity contribution in [3.8, 4) is 0 Å². The highest BCUT2D eigenvalue weighted by Crippen LogP contribution is 2.39. The lowest BCUT2D eigenvalue weighted by Gasteiger charge is -2.38. The topological polar surface area (TPSA) is 99.4 Å². The summed E-state index contributed by atoms with van der Waals surface area (Å²) in [6.07, 6.45) is -10.6. The van der Waals surface area contributed by atoms with Crippen LogP contribution in [-0.2, 0) is 27.3 Å². The largest absolute Gasteiger partial charge is 0.416 e. The van der Waals surface area contributed by atoms with Gasteiger partial charge in [-0.3, -0.25) is 4.79 Å². The summed E-state index contributed by atoms with van der Waals surface area (Å²) in [7, 11) is 0. The number of ether oxygens (including phenoxy) is 1. The second-order valence-corrected chi connectivity index (χ2v) is 7.83. The van der Waals surface area contributed by atoms with Gasteiger partial charge in [-0.2, -0.15) is 26.3 Å². The molecule has 12 heteroatoms. The minimum atomic E-state index is -5.04. The summed E-state index contributed by atoms with van der Waals surface area (Å²) in [4.78, 5) is 12.1. The molecule has 0 bridgehead atoms. The van der Waals surface area contributed by atoms with Crippen molar-refractivity contribution in [1.29, 1.82) is 0 Å². The lowest BCUT2D eigenvalue weighted by atomic mass is 9.74. The summed E-state index contributed by atoms with van der Waals surface area (Å²) >= 11 is 0. The summed E-state index contributed by atoms with van der Waals surface area (Å²) in [6, 6.07) is 10.2. The minimum absolute atomic E-state index is 0. The Hall–Kier alpha value is -2.34. The van der Waals surface area contributed by atoms with Gasteiger partial charge in [0.1, 0.15) is 0 Å². The number of primary amides is 1. The molecule has 1 amide bonds. The van der Waals surface area contributed by atoms with E-state index in [0.717, 1.165) is 5.56 Å². The third-order valence-corrected chi connectivity index (χ3v) is 5.64. The first-order chi connectivity index (χ1) is 14.9. The number of carbonyl (C=O) groups is 1. The molecule has 0 radical (unpaired) electrons. The molecule has 34 heavy (non-hydrogen) atoms. The van der Waals surface area contributed by atoms with Crippen LogP contribution in [0.2, 0.25) is 0 Å². The van der Waals surface area contributed by atoms with E-state index in [-0.39, 0.29) is 31.2 Å². The second-order valence-electron chi connectivity index (χ2n) is 7.83. The number of nitrogens with two attached hydrogens (primary N) is 1. The lowest BCUT2D eigenvalue weighted by Crippen LogP contribution is -2.44. The molecule has 1 aliphatic rings. The summed E-state index contributed by atoms with van der Waals surface area (Å²) in [6.45, 7) is 1.19. The van der Waals surface area contributed by atoms with Gasteiger partial charge in [-0.05, 0) is 55.3 Å². The van der Waals surface area contributed by atoms with Crippen LogP contribution in [0, 0.1) is 0 Å². The van der Waals surface area contributed by atoms with E-state index < -0.39 is 46.5 Å². The van der Waals surface area contributed by atoms with Crippen LogP contribution in [0.15, 0.2) is 48.5 Å². The number of amides is 1. The van der Waals surface area contributed by atoms with Gasteiger partial charge in [0.05, 0.1) is 17.7 Å². The van der Waals surface area contributed by atoms with Crippen molar-refractivity contribution >= 4 is 18.3 Å². The number of piperidine rings is 1. The molecule has 1 unspecified atom stereocenters. The number of carbonyl (C=O) groups excluding carboxylic acids is 1. The highest BCUT2D eigenvalue weighted by atomic mass is 35.5. The first-order valence-electron chi connectivity index (χ1n) is 9.89. The van der Waals surface area contributed by atoms with Crippen LogP contribution in [0.1, 0.15) is 41.2 Å². The van der Waals surface area contributed by atoms with Gasteiger partial charge in [-0.25, -0.2) is 0 Å². The molecule has 0 aliphatic carbocycles. The van der Waals surface area contributed by atoms with Crippen molar-refractivity contribution in [3.63, 3.8) is 0 Å². The molecule has 1 aliphatic heterocycles. The number of alkyl halides is 6. The molecular formula is C22H26ClF6N3O2. The molecule has 1 heterocycles. The molecular weight excluding hydrogens is 488 g/mol. The van der Waals surface area contributed by atoms with Crippen LogP contribution in [-0.4, -0.2) is 25.6 Å². The highest BCUT2D eigenvalue weighted by Gasteiger charge is 2.40. The molecule has 2 aromatic carbocycles. The lowest BCUT2D eigenvalue weighted by molar-refractivity contribution is -0.144. The normalized spacial score (nSPS) is 16.6. The Morgan fingerprint density at radius 1 is 0.971 bits per heavy atom. The molecule has 1 atom stereocenters. The number of halogens is 7. The van der Waals surface area contributed by atoms with E-state index in [4.69, 9.17) is 10.5 Å². The van der Waals surface area contributed by atoms with Crippen molar-refractivity contribution in [2.75, 3.05) is 19.7 Å². The van der Waals surface area contributed by atoms with Gasteiger partial charge >= 0.3 is 12.4 Å². The van der Waals surface area contributed by atoms with Crippen LogP contribution in [0.25, 0.3) is 0 Å². The van der Waals surface area contributed by atoms with Crippen LogP contribution in [0.5, 0.6) is 0 Å². The average Bonchev–Trinajstić information content (AvgIpc) is 2.73. The van der Waals surface area contributed by atoms with E-state index in [2.05, 4.69) is 5.32 Å². The molecule has 0 saturated carbocycles. The van der Waals surface area contributed by atoms with Gasteiger partial charge in [0.2, 0.25) is 0 Å². The summed E-state index contributed by atoms with van der Waals surface area (Å²) in [5.74, 6) is -1.17. The second kappa shape index (κ2) is 11.4. The Kier molecular flexibility index (Phi) is 9.95. The van der Waals surface area contributed by atoms with E-state index in [1.165, 1.54) is 0 Å². The number of rotatable bonds is 6. The smallest absolute Gasteiger partial charge is 0.367 e. The van der Waals surface area contributed by atoms with Crippen molar-refractivity contribution in [2.24, 2.45) is 5.73 Å². The Bertz CT molecular complexity index is 916. The van der Waals surface area contributed by atoms with E-state index in [1.54, 1.807) is 0 Å². The predicted molar refractivity (Wildman–Crippen MR) is 117 cm³/mol. The van der Waals surface area contributed by atoms with Gasteiger partial charge in [-0.1, -0.05) is 30.3 Å². The first kappa shape index (κ1) is 29.7. The maximum Gasteiger partial charge on any atom is 0.416 e. The fraction of sp³-hybridized carbons (Fsp3) is 0.409. The number of hydrogen-bond donors (Lipinski definition) is 3. The SMILES string of the molecule is Cl.N.NC(=O)C(OCC1(c2ccccc2)CCNCC1)c1cc(C(F)(F)F)cc(C(F)(F)F)c1. The molecule has 1 saturated heterocycles. The Balaban J connectivity index is 0.00000289. The van der Waals surface area contributed by atoms with Crippen LogP contribution in [0.3, 0.4) is 0 Å². The van der Waals surface area contributed by atoms with E-state index in [1.807, 2.05) is 30.3 Å². The van der Waals surface area contributed by atoms with Gasteiger partial charge in [0.25, 0.3) is 5.91 Å². The maximum absolute atomic E-state index is 13.2. The number of benzene rings is 2. The van der Waals surface area contributed by atoms with Crippen molar-refractivity contribution in [3.05, 3.63) is 70.8 Å². The van der Waals surface area contributed by atoms with Gasteiger partial charge in [0, 0.05) is 5.41 Å². The third-order valence-electron chi connectivity index (χ3n) is 5.64. The third kappa shape index (κ3) is 6.84. The van der Waals surface area contributed by atoms with Crippen molar-refractivity contribution < 1.29 is 35.9 Å². The highest BCUT2D eigenvalue weighted by molar-refractivity contribution is 5.85. The molecule has 190 valence electrons. The van der Waals surface area contributed by atoms with Crippen molar-refractivity contribution in [1.82, 2.24) is 11.5 Å². The molecule has 2 aromatic rings. The molecule has 0 aromatic heterocycles. The van der Waals surface area contributed by atoms with Gasteiger partial charge < -0.3 is 21.9 Å². The Labute approximate surface area is 199 Å². The molecule has 3 rings (SSSR count). The molecule has 1 fully saturated rings. The van der Waals surface area contributed by atoms with Gasteiger partial charge in [-0.15, -0.1) is 12.4 Å². The van der Waals surface area contributed by atoms with E-state index >= 15 is 0 Å². The first-order valence-corrected chi connectivity index (χ1v) is 9.89. The van der Waals surface area contributed by atoms with E-state index in [0.29, 0.717) is 38.1 Å². The quantitative estimate of drug-likeness (QED) is 0.464. The van der Waals surface area contributed by atoms with Crippen molar-refractivity contribution in [2.45, 2.75) is 36.7 Å². The fourth-order valence-electron chi connectivity index (χ4n) is 3.93. The average molecular weight is 514 g/mol. The molecule has 5 nitrogen and oxygen atoms in total. The zero-order chi connectivity index (χ0) is 23.6.